The van der Waals surface area contributed by atoms with Crippen molar-refractivity contribution in [1.29, 1.82) is 0 Å². The molecule has 76 valence electrons. The summed E-state index contributed by atoms with van der Waals surface area (Å²) in [5, 5.41) is 0. The second kappa shape index (κ2) is 5.39. The lowest BCUT2D eigenvalue weighted by atomic mass is 10.3. The van der Waals surface area contributed by atoms with Crippen molar-refractivity contribution in [2.75, 3.05) is 14.2 Å². The Hall–Kier alpha value is -1.36. The van der Waals surface area contributed by atoms with Crippen LogP contribution in [0.3, 0.4) is 0 Å². The number of amidine groups is 1. The van der Waals surface area contributed by atoms with Crippen LogP contribution in [0.2, 0.25) is 0 Å². The molecule has 0 radical (unpaired) electrons. The number of methoxy groups -OCH3 is 2. The Balaban J connectivity index is 2.60. The van der Waals surface area contributed by atoms with Gasteiger partial charge in [-0.05, 0) is 24.3 Å². The topological polar surface area (TPSA) is 56.8 Å². The van der Waals surface area contributed by atoms with Gasteiger partial charge in [-0.15, -0.1) is 0 Å². The van der Waals surface area contributed by atoms with Gasteiger partial charge in [-0.1, -0.05) is 0 Å². The summed E-state index contributed by atoms with van der Waals surface area (Å²) in [6.07, 6.45) is 0. The lowest BCUT2D eigenvalue weighted by Crippen LogP contribution is -2.12. The molecular weight excluding hydrogens is 200 g/mol. The quantitative estimate of drug-likeness (QED) is 0.470. The van der Waals surface area contributed by atoms with Gasteiger partial charge in [0.2, 0.25) is 0 Å². The molecule has 0 bridgehead atoms. The van der Waals surface area contributed by atoms with Gasteiger partial charge in [-0.3, -0.25) is 0 Å². The molecule has 1 aromatic rings. The molecule has 0 atom stereocenters. The predicted octanol–water partition coefficient (Wildman–Crippen LogP) is 1.66. The van der Waals surface area contributed by atoms with Crippen molar-refractivity contribution < 1.29 is 9.47 Å². The average Bonchev–Trinajstić information content (AvgIpc) is 2.26. The summed E-state index contributed by atoms with van der Waals surface area (Å²) in [6.45, 7) is 0. The van der Waals surface area contributed by atoms with Crippen LogP contribution in [0.15, 0.2) is 33.6 Å². The molecule has 14 heavy (non-hydrogen) atoms. The van der Waals surface area contributed by atoms with E-state index in [0.29, 0.717) is 0 Å². The molecule has 1 aromatic carbocycles. The van der Waals surface area contributed by atoms with Gasteiger partial charge < -0.3 is 15.2 Å². The van der Waals surface area contributed by atoms with Crippen LogP contribution in [-0.4, -0.2) is 20.2 Å². The Morgan fingerprint density at radius 1 is 1.29 bits per heavy atom. The van der Waals surface area contributed by atoms with E-state index >= 15 is 0 Å². The van der Waals surface area contributed by atoms with Gasteiger partial charge in [-0.25, -0.2) is 0 Å². The van der Waals surface area contributed by atoms with E-state index in [4.69, 9.17) is 15.2 Å². The van der Waals surface area contributed by atoms with Crippen LogP contribution in [0.5, 0.6) is 5.75 Å². The molecule has 0 unspecified atom stereocenters. The van der Waals surface area contributed by atoms with E-state index < -0.39 is 0 Å². The van der Waals surface area contributed by atoms with Gasteiger partial charge in [0.15, 0.2) is 0 Å². The summed E-state index contributed by atoms with van der Waals surface area (Å²) >= 11 is 1.25. The van der Waals surface area contributed by atoms with Crippen molar-refractivity contribution in [2.45, 2.75) is 4.90 Å². The smallest absolute Gasteiger partial charge is 0.293 e. The third-order valence-corrected chi connectivity index (χ3v) is 2.26. The molecule has 1 rings (SSSR count). The van der Waals surface area contributed by atoms with Crippen molar-refractivity contribution in [1.82, 2.24) is 0 Å². The van der Waals surface area contributed by atoms with E-state index in [-0.39, 0.29) is 6.02 Å². The normalized spacial score (nSPS) is 11.1. The van der Waals surface area contributed by atoms with Crippen LogP contribution in [-0.2, 0) is 4.74 Å². The highest BCUT2D eigenvalue weighted by molar-refractivity contribution is 7.98. The molecule has 0 fully saturated rings. The zero-order chi connectivity index (χ0) is 10.4. The molecule has 2 N–H and O–H groups in total. The summed E-state index contributed by atoms with van der Waals surface area (Å²) in [7, 11) is 3.11. The van der Waals surface area contributed by atoms with Gasteiger partial charge in [0.1, 0.15) is 5.75 Å². The first kappa shape index (κ1) is 10.7. The maximum absolute atomic E-state index is 5.36. The molecule has 4 nitrogen and oxygen atoms in total. The minimum atomic E-state index is 0.158. The highest BCUT2D eigenvalue weighted by Gasteiger charge is 1.95. The zero-order valence-corrected chi connectivity index (χ0v) is 8.88. The number of hydrogen-bond donors (Lipinski definition) is 1. The summed E-state index contributed by atoms with van der Waals surface area (Å²) in [5.74, 6) is 0.818. The van der Waals surface area contributed by atoms with Crippen LogP contribution in [0.25, 0.3) is 0 Å². The largest absolute Gasteiger partial charge is 0.497 e. The first-order valence-electron chi connectivity index (χ1n) is 3.95. The highest BCUT2D eigenvalue weighted by Crippen LogP contribution is 2.21. The fourth-order valence-electron chi connectivity index (χ4n) is 0.772. The summed E-state index contributed by atoms with van der Waals surface area (Å²) in [5.41, 5.74) is 5.36. The van der Waals surface area contributed by atoms with Crippen molar-refractivity contribution in [3.05, 3.63) is 24.3 Å². The second-order valence-electron chi connectivity index (χ2n) is 2.40. The molecule has 5 heteroatoms. The van der Waals surface area contributed by atoms with Crippen LogP contribution < -0.4 is 10.5 Å². The first-order chi connectivity index (χ1) is 6.76. The van der Waals surface area contributed by atoms with Gasteiger partial charge in [-0.2, -0.15) is 4.40 Å². The molecule has 0 aliphatic carbocycles. The molecule has 0 saturated heterocycles. The Morgan fingerprint density at radius 2 is 1.93 bits per heavy atom. The summed E-state index contributed by atoms with van der Waals surface area (Å²) in [6, 6.07) is 7.68. The molecule has 0 aliphatic heterocycles. The molecule has 0 amide bonds. The fraction of sp³-hybridized carbons (Fsp3) is 0.222. The van der Waals surface area contributed by atoms with Gasteiger partial charge >= 0.3 is 0 Å². The number of ether oxygens (including phenoxy) is 2. The minimum absolute atomic E-state index is 0.158. The molecule has 0 aliphatic rings. The standard InChI is InChI=1S/C9H12N2O2S/c1-12-7-3-5-8(6-4-7)14-11-9(10)13-2/h3-6H,1-2H3,(H2,10,11). The molecule has 0 saturated carbocycles. The monoisotopic (exact) mass is 212 g/mol. The average molecular weight is 212 g/mol. The van der Waals surface area contributed by atoms with Crippen LogP contribution in [0, 0.1) is 0 Å². The summed E-state index contributed by atoms with van der Waals surface area (Å²) in [4.78, 5) is 0.978. The lowest BCUT2D eigenvalue weighted by Gasteiger charge is -2.00. The van der Waals surface area contributed by atoms with Gasteiger partial charge in [0.25, 0.3) is 6.02 Å². The van der Waals surface area contributed by atoms with Crippen LogP contribution >= 0.6 is 11.9 Å². The van der Waals surface area contributed by atoms with Gasteiger partial charge in [0.05, 0.1) is 14.2 Å². The van der Waals surface area contributed by atoms with Gasteiger partial charge in [0, 0.05) is 16.8 Å². The Bertz CT molecular complexity index is 311. The Labute approximate surface area is 87.2 Å². The Morgan fingerprint density at radius 3 is 2.43 bits per heavy atom. The van der Waals surface area contributed by atoms with E-state index in [2.05, 4.69) is 4.40 Å². The fourth-order valence-corrected chi connectivity index (χ4v) is 1.30. The number of nitrogens with two attached hydrogens (primary N) is 1. The van der Waals surface area contributed by atoms with E-state index in [1.807, 2.05) is 24.3 Å². The van der Waals surface area contributed by atoms with Crippen molar-refractivity contribution in [2.24, 2.45) is 10.1 Å². The zero-order valence-electron chi connectivity index (χ0n) is 8.06. The lowest BCUT2D eigenvalue weighted by molar-refractivity contribution is 0.398. The van der Waals surface area contributed by atoms with Crippen molar-refractivity contribution >= 4 is 18.0 Å². The van der Waals surface area contributed by atoms with E-state index in [9.17, 15) is 0 Å². The highest BCUT2D eigenvalue weighted by atomic mass is 32.2. The van der Waals surface area contributed by atoms with Crippen LogP contribution in [0.1, 0.15) is 0 Å². The maximum atomic E-state index is 5.36. The van der Waals surface area contributed by atoms with E-state index in [1.54, 1.807) is 7.11 Å². The molecule has 0 heterocycles. The third-order valence-electron chi connectivity index (χ3n) is 1.51. The van der Waals surface area contributed by atoms with Crippen molar-refractivity contribution in [3.63, 3.8) is 0 Å². The number of rotatable bonds is 3. The minimum Gasteiger partial charge on any atom is -0.497 e. The van der Waals surface area contributed by atoms with Crippen molar-refractivity contribution in [3.8, 4) is 5.75 Å². The number of benzene rings is 1. The SMILES string of the molecule is COC(N)=NSc1ccc(OC)cc1. The third kappa shape index (κ3) is 3.18. The number of hydrogen-bond acceptors (Lipinski definition) is 4. The number of nitrogens with zero attached hydrogens (tertiary/aromatic N) is 1. The molecule has 0 spiro atoms. The van der Waals surface area contributed by atoms with Crippen LogP contribution in [0.4, 0.5) is 0 Å². The summed E-state index contributed by atoms with van der Waals surface area (Å²) < 4.78 is 13.6. The molecular formula is C9H12N2O2S. The molecule has 0 aromatic heterocycles. The van der Waals surface area contributed by atoms with E-state index in [1.165, 1.54) is 19.1 Å². The Kier molecular flexibility index (Phi) is 4.12. The maximum Gasteiger partial charge on any atom is 0.293 e. The first-order valence-corrected chi connectivity index (χ1v) is 4.72. The second-order valence-corrected chi connectivity index (χ2v) is 3.24. The van der Waals surface area contributed by atoms with E-state index in [0.717, 1.165) is 10.6 Å². The predicted molar refractivity (Wildman–Crippen MR) is 57.5 cm³/mol.